The van der Waals surface area contributed by atoms with Gasteiger partial charge in [0.05, 0.1) is 6.61 Å². The maximum absolute atomic E-state index is 5.11. The molecule has 0 bridgehead atoms. The van der Waals surface area contributed by atoms with E-state index in [2.05, 4.69) is 42.2 Å². The van der Waals surface area contributed by atoms with Crippen molar-refractivity contribution in [1.29, 1.82) is 0 Å². The van der Waals surface area contributed by atoms with Crippen LogP contribution in [0.2, 0.25) is 0 Å². The highest BCUT2D eigenvalue weighted by Crippen LogP contribution is 2.17. The summed E-state index contributed by atoms with van der Waals surface area (Å²) >= 11 is 0. The zero-order chi connectivity index (χ0) is 13.4. The van der Waals surface area contributed by atoms with Crippen molar-refractivity contribution in [1.82, 2.24) is 10.3 Å². The Morgan fingerprint density at radius 1 is 1.44 bits per heavy atom. The minimum Gasteiger partial charge on any atom is -0.383 e. The van der Waals surface area contributed by atoms with Gasteiger partial charge in [-0.05, 0) is 18.5 Å². The molecule has 0 aromatic carbocycles. The highest BCUT2D eigenvalue weighted by atomic mass is 16.5. The van der Waals surface area contributed by atoms with Gasteiger partial charge in [-0.1, -0.05) is 13.8 Å². The molecule has 4 heteroatoms. The Bertz CT molecular complexity index is 342. The summed E-state index contributed by atoms with van der Waals surface area (Å²) in [6.07, 6.45) is 3.77. The highest BCUT2D eigenvalue weighted by molar-refractivity contribution is 5.51. The molecule has 0 saturated carbocycles. The molecule has 0 fully saturated rings. The molecule has 102 valence electrons. The summed E-state index contributed by atoms with van der Waals surface area (Å²) in [7, 11) is 3.81. The smallest absolute Gasteiger partial charge is 0.0637 e. The second-order valence-electron chi connectivity index (χ2n) is 4.94. The summed E-state index contributed by atoms with van der Waals surface area (Å²) in [6.45, 7) is 7.92. The lowest BCUT2D eigenvalue weighted by Gasteiger charge is -2.22. The number of likely N-dealkylation sites (N-methyl/N-ethyl adjacent to an activating group) is 1. The summed E-state index contributed by atoms with van der Waals surface area (Å²) < 4.78 is 5.11. The van der Waals surface area contributed by atoms with Crippen LogP contribution in [0.3, 0.4) is 0 Å². The first-order valence-electron chi connectivity index (χ1n) is 6.48. The number of aromatic nitrogens is 1. The van der Waals surface area contributed by atoms with E-state index in [1.807, 2.05) is 12.4 Å². The first-order valence-corrected chi connectivity index (χ1v) is 6.48. The fraction of sp³-hybridized carbons (Fsp3) is 0.643. The van der Waals surface area contributed by atoms with Crippen LogP contribution in [-0.4, -0.2) is 38.8 Å². The van der Waals surface area contributed by atoms with Gasteiger partial charge in [-0.3, -0.25) is 4.98 Å². The van der Waals surface area contributed by atoms with Crippen molar-refractivity contribution in [3.05, 3.63) is 24.0 Å². The highest BCUT2D eigenvalue weighted by Gasteiger charge is 2.07. The molecule has 1 N–H and O–H groups in total. The fourth-order valence-corrected chi connectivity index (χ4v) is 1.77. The maximum atomic E-state index is 5.11. The van der Waals surface area contributed by atoms with Gasteiger partial charge in [-0.15, -0.1) is 0 Å². The monoisotopic (exact) mass is 251 g/mol. The summed E-state index contributed by atoms with van der Waals surface area (Å²) in [5, 5.41) is 3.45. The predicted octanol–water partition coefficient (Wildman–Crippen LogP) is 1.91. The number of hydrogen-bond donors (Lipinski definition) is 1. The number of rotatable bonds is 8. The van der Waals surface area contributed by atoms with Gasteiger partial charge in [0.25, 0.3) is 0 Å². The van der Waals surface area contributed by atoms with E-state index >= 15 is 0 Å². The minimum atomic E-state index is 0.663. The average Bonchev–Trinajstić information content (AvgIpc) is 2.36. The van der Waals surface area contributed by atoms with Crippen molar-refractivity contribution in [2.75, 3.05) is 38.8 Å². The third-order valence-electron chi connectivity index (χ3n) is 2.79. The van der Waals surface area contributed by atoms with Gasteiger partial charge in [0.2, 0.25) is 0 Å². The molecule has 1 heterocycles. The maximum Gasteiger partial charge on any atom is 0.0637 e. The molecule has 0 spiro atoms. The van der Waals surface area contributed by atoms with Gasteiger partial charge in [-0.25, -0.2) is 0 Å². The lowest BCUT2D eigenvalue weighted by atomic mass is 10.2. The second kappa shape index (κ2) is 8.06. The Morgan fingerprint density at radius 2 is 2.22 bits per heavy atom. The molecule has 0 aliphatic rings. The molecule has 0 saturated heterocycles. The van der Waals surface area contributed by atoms with Crippen molar-refractivity contribution in [3.8, 4) is 0 Å². The third kappa shape index (κ3) is 5.02. The van der Waals surface area contributed by atoms with Crippen molar-refractivity contribution < 1.29 is 4.74 Å². The van der Waals surface area contributed by atoms with Gasteiger partial charge < -0.3 is 15.0 Å². The lowest BCUT2D eigenvalue weighted by Crippen LogP contribution is -2.25. The van der Waals surface area contributed by atoms with Crippen molar-refractivity contribution >= 4 is 5.69 Å². The molecule has 4 nitrogen and oxygen atoms in total. The Morgan fingerprint density at radius 3 is 2.89 bits per heavy atom. The number of methoxy groups -OCH3 is 1. The normalized spacial score (nSPS) is 10.9. The second-order valence-corrected chi connectivity index (χ2v) is 4.94. The van der Waals surface area contributed by atoms with Gasteiger partial charge >= 0.3 is 0 Å². The fourth-order valence-electron chi connectivity index (χ4n) is 1.77. The molecular formula is C14H25N3O. The van der Waals surface area contributed by atoms with Crippen LogP contribution in [0, 0.1) is 5.92 Å². The Hall–Kier alpha value is -1.13. The lowest BCUT2D eigenvalue weighted by molar-refractivity contribution is 0.206. The molecule has 0 amide bonds. The quantitative estimate of drug-likeness (QED) is 0.766. The Labute approximate surface area is 110 Å². The van der Waals surface area contributed by atoms with Crippen LogP contribution < -0.4 is 10.2 Å². The molecule has 1 aromatic heterocycles. The molecule has 0 unspecified atom stereocenters. The first kappa shape index (κ1) is 14.9. The van der Waals surface area contributed by atoms with E-state index in [-0.39, 0.29) is 0 Å². The zero-order valence-electron chi connectivity index (χ0n) is 11.9. The van der Waals surface area contributed by atoms with Crippen LogP contribution in [0.5, 0.6) is 0 Å². The standard InChI is InChI=1S/C14H25N3O/c1-12(2)9-16-11-13-10-15-6-5-14(13)17(3)7-8-18-4/h5-6,10,12,16H,7-9,11H2,1-4H3. The summed E-state index contributed by atoms with van der Waals surface area (Å²) in [6, 6.07) is 2.06. The van der Waals surface area contributed by atoms with E-state index in [9.17, 15) is 0 Å². The first-order chi connectivity index (χ1) is 8.65. The van der Waals surface area contributed by atoms with Crippen LogP contribution in [0.4, 0.5) is 5.69 Å². The van der Waals surface area contributed by atoms with Crippen LogP contribution >= 0.6 is 0 Å². The van der Waals surface area contributed by atoms with Crippen LogP contribution in [0.25, 0.3) is 0 Å². The number of nitrogens with zero attached hydrogens (tertiary/aromatic N) is 2. The van der Waals surface area contributed by atoms with Crippen molar-refractivity contribution in [3.63, 3.8) is 0 Å². The van der Waals surface area contributed by atoms with Crippen molar-refractivity contribution in [2.24, 2.45) is 5.92 Å². The average molecular weight is 251 g/mol. The zero-order valence-corrected chi connectivity index (χ0v) is 11.9. The van der Waals surface area contributed by atoms with Gasteiger partial charge in [0.15, 0.2) is 0 Å². The topological polar surface area (TPSA) is 37.4 Å². The van der Waals surface area contributed by atoms with E-state index in [0.717, 1.165) is 26.2 Å². The SMILES string of the molecule is COCCN(C)c1ccncc1CNCC(C)C. The molecule has 1 aromatic rings. The Kier molecular flexibility index (Phi) is 6.68. The van der Waals surface area contributed by atoms with Crippen LogP contribution in [-0.2, 0) is 11.3 Å². The molecular weight excluding hydrogens is 226 g/mol. The van der Waals surface area contributed by atoms with E-state index < -0.39 is 0 Å². The van der Waals surface area contributed by atoms with E-state index in [1.54, 1.807) is 7.11 Å². The van der Waals surface area contributed by atoms with Gasteiger partial charge in [-0.2, -0.15) is 0 Å². The van der Waals surface area contributed by atoms with E-state index in [4.69, 9.17) is 4.74 Å². The number of pyridine rings is 1. The van der Waals surface area contributed by atoms with Crippen molar-refractivity contribution in [2.45, 2.75) is 20.4 Å². The van der Waals surface area contributed by atoms with E-state index in [0.29, 0.717) is 5.92 Å². The van der Waals surface area contributed by atoms with E-state index in [1.165, 1.54) is 11.3 Å². The molecule has 0 aliphatic heterocycles. The van der Waals surface area contributed by atoms with Crippen LogP contribution in [0.15, 0.2) is 18.5 Å². The predicted molar refractivity (Wildman–Crippen MR) is 75.9 cm³/mol. The molecule has 0 aliphatic carbocycles. The van der Waals surface area contributed by atoms with Crippen LogP contribution in [0.1, 0.15) is 19.4 Å². The number of ether oxygens (including phenoxy) is 1. The third-order valence-corrected chi connectivity index (χ3v) is 2.79. The summed E-state index contributed by atoms with van der Waals surface area (Å²) in [4.78, 5) is 6.41. The molecule has 0 radical (unpaired) electrons. The number of anilines is 1. The molecule has 18 heavy (non-hydrogen) atoms. The van der Waals surface area contributed by atoms with Gasteiger partial charge in [0.1, 0.15) is 0 Å². The Balaban J connectivity index is 2.60. The summed E-state index contributed by atoms with van der Waals surface area (Å²) in [5.74, 6) is 0.663. The summed E-state index contributed by atoms with van der Waals surface area (Å²) in [5.41, 5.74) is 2.45. The minimum absolute atomic E-state index is 0.663. The number of nitrogens with one attached hydrogen (secondary N) is 1. The molecule has 1 rings (SSSR count). The van der Waals surface area contributed by atoms with Gasteiger partial charge in [0, 0.05) is 50.9 Å². The largest absolute Gasteiger partial charge is 0.383 e. The number of hydrogen-bond acceptors (Lipinski definition) is 4. The molecule has 0 atom stereocenters.